The molecule has 1 rings (SSSR count). The SMILES string of the molecule is COc1nn(C(C)(C)C)c(OC)c1C(F)(F)F. The summed E-state index contributed by atoms with van der Waals surface area (Å²) in [5.74, 6) is -0.828. The normalized spacial score (nSPS) is 12.7. The summed E-state index contributed by atoms with van der Waals surface area (Å²) in [4.78, 5) is 0. The van der Waals surface area contributed by atoms with Crippen molar-refractivity contribution < 1.29 is 22.6 Å². The third kappa shape index (κ3) is 2.48. The Bertz CT molecular complexity index is 405. The summed E-state index contributed by atoms with van der Waals surface area (Å²) >= 11 is 0. The maximum Gasteiger partial charge on any atom is 0.426 e. The number of rotatable bonds is 2. The first-order chi connectivity index (χ1) is 7.62. The Morgan fingerprint density at radius 1 is 1.06 bits per heavy atom. The minimum atomic E-state index is -4.57. The second kappa shape index (κ2) is 4.12. The van der Waals surface area contributed by atoms with Gasteiger partial charge in [0.05, 0.1) is 19.8 Å². The van der Waals surface area contributed by atoms with Crippen LogP contribution in [0.4, 0.5) is 13.2 Å². The summed E-state index contributed by atoms with van der Waals surface area (Å²) in [5.41, 5.74) is -1.63. The van der Waals surface area contributed by atoms with Crippen molar-refractivity contribution in [3.05, 3.63) is 5.56 Å². The highest BCUT2D eigenvalue weighted by molar-refractivity contribution is 5.39. The van der Waals surface area contributed by atoms with Gasteiger partial charge in [-0.25, -0.2) is 4.68 Å². The van der Waals surface area contributed by atoms with Gasteiger partial charge in [-0.2, -0.15) is 13.2 Å². The average molecular weight is 252 g/mol. The van der Waals surface area contributed by atoms with Crippen LogP contribution in [0.5, 0.6) is 11.8 Å². The molecular formula is C10H15F3N2O2. The zero-order valence-corrected chi connectivity index (χ0v) is 10.3. The zero-order valence-electron chi connectivity index (χ0n) is 10.3. The Labute approximate surface area is 97.3 Å². The van der Waals surface area contributed by atoms with Gasteiger partial charge in [0.15, 0.2) is 5.56 Å². The van der Waals surface area contributed by atoms with Gasteiger partial charge in [-0.3, -0.25) is 0 Å². The van der Waals surface area contributed by atoms with E-state index in [1.54, 1.807) is 20.8 Å². The van der Waals surface area contributed by atoms with E-state index in [-0.39, 0.29) is 5.88 Å². The van der Waals surface area contributed by atoms with E-state index in [9.17, 15) is 13.2 Å². The largest absolute Gasteiger partial charge is 0.481 e. The fourth-order valence-electron chi connectivity index (χ4n) is 1.41. The van der Waals surface area contributed by atoms with Gasteiger partial charge < -0.3 is 9.47 Å². The smallest absolute Gasteiger partial charge is 0.426 e. The lowest BCUT2D eigenvalue weighted by Gasteiger charge is -2.21. The van der Waals surface area contributed by atoms with Gasteiger partial charge >= 0.3 is 6.18 Å². The summed E-state index contributed by atoms with van der Waals surface area (Å²) in [5, 5.41) is 3.79. The molecule has 0 unspecified atom stereocenters. The quantitative estimate of drug-likeness (QED) is 0.811. The number of hydrogen-bond acceptors (Lipinski definition) is 3. The van der Waals surface area contributed by atoms with Gasteiger partial charge in [-0.1, -0.05) is 0 Å². The van der Waals surface area contributed by atoms with E-state index in [1.165, 1.54) is 7.11 Å². The van der Waals surface area contributed by atoms with Gasteiger partial charge in [-0.05, 0) is 20.8 Å². The second-order valence-electron chi connectivity index (χ2n) is 4.47. The molecule has 98 valence electrons. The van der Waals surface area contributed by atoms with Crippen LogP contribution in [-0.2, 0) is 11.7 Å². The van der Waals surface area contributed by atoms with E-state index in [2.05, 4.69) is 9.84 Å². The van der Waals surface area contributed by atoms with E-state index >= 15 is 0 Å². The molecule has 0 spiro atoms. The number of ether oxygens (including phenoxy) is 2. The molecule has 0 aliphatic rings. The van der Waals surface area contributed by atoms with Crippen LogP contribution in [-0.4, -0.2) is 24.0 Å². The van der Waals surface area contributed by atoms with Crippen LogP contribution < -0.4 is 9.47 Å². The van der Waals surface area contributed by atoms with E-state index in [4.69, 9.17) is 4.74 Å². The van der Waals surface area contributed by atoms with Gasteiger partial charge in [0, 0.05) is 0 Å². The molecule has 17 heavy (non-hydrogen) atoms. The number of methoxy groups -OCH3 is 2. The third-order valence-electron chi connectivity index (χ3n) is 2.12. The number of hydrogen-bond donors (Lipinski definition) is 0. The van der Waals surface area contributed by atoms with Crippen molar-refractivity contribution >= 4 is 0 Å². The van der Waals surface area contributed by atoms with Gasteiger partial charge in [0.2, 0.25) is 11.8 Å². The minimum Gasteiger partial charge on any atom is -0.481 e. The van der Waals surface area contributed by atoms with Crippen LogP contribution in [0.2, 0.25) is 0 Å². The highest BCUT2D eigenvalue weighted by atomic mass is 19.4. The van der Waals surface area contributed by atoms with Crippen LogP contribution in [0.25, 0.3) is 0 Å². The van der Waals surface area contributed by atoms with Crippen molar-refractivity contribution in [2.45, 2.75) is 32.5 Å². The number of alkyl halides is 3. The Kier molecular flexibility index (Phi) is 3.31. The zero-order chi connectivity index (χ0) is 13.4. The highest BCUT2D eigenvalue weighted by Gasteiger charge is 2.43. The van der Waals surface area contributed by atoms with E-state index < -0.39 is 23.2 Å². The molecule has 0 fully saturated rings. The topological polar surface area (TPSA) is 36.3 Å². The lowest BCUT2D eigenvalue weighted by molar-refractivity contribution is -0.140. The predicted octanol–water partition coefficient (Wildman–Crippen LogP) is 2.67. The molecule has 0 atom stereocenters. The molecule has 0 bridgehead atoms. The van der Waals surface area contributed by atoms with Crippen molar-refractivity contribution in [2.75, 3.05) is 14.2 Å². The summed E-state index contributed by atoms with van der Waals surface area (Å²) in [6.07, 6.45) is -4.57. The molecule has 1 aromatic heterocycles. The molecule has 0 aromatic carbocycles. The molecular weight excluding hydrogens is 237 g/mol. The van der Waals surface area contributed by atoms with Crippen LogP contribution in [0, 0.1) is 0 Å². The van der Waals surface area contributed by atoms with Gasteiger partial charge in [-0.15, -0.1) is 5.10 Å². The van der Waals surface area contributed by atoms with E-state index in [0.29, 0.717) is 0 Å². The van der Waals surface area contributed by atoms with Crippen LogP contribution in [0.15, 0.2) is 0 Å². The number of aromatic nitrogens is 2. The summed E-state index contributed by atoms with van der Waals surface area (Å²) < 4.78 is 49.2. The number of halogens is 3. The Balaban J connectivity index is 3.53. The van der Waals surface area contributed by atoms with Crippen LogP contribution >= 0.6 is 0 Å². The molecule has 1 heterocycles. The van der Waals surface area contributed by atoms with E-state index in [1.807, 2.05) is 0 Å². The molecule has 7 heteroatoms. The minimum absolute atomic E-state index is 0.346. The van der Waals surface area contributed by atoms with Crippen molar-refractivity contribution in [1.82, 2.24) is 9.78 Å². The van der Waals surface area contributed by atoms with Crippen LogP contribution in [0.3, 0.4) is 0 Å². The third-order valence-corrected chi connectivity index (χ3v) is 2.12. The maximum atomic E-state index is 12.9. The van der Waals surface area contributed by atoms with Gasteiger partial charge in [0.25, 0.3) is 0 Å². The Morgan fingerprint density at radius 2 is 1.59 bits per heavy atom. The Hall–Kier alpha value is -1.40. The Morgan fingerprint density at radius 3 is 1.88 bits per heavy atom. The molecule has 0 radical (unpaired) electrons. The fraction of sp³-hybridized carbons (Fsp3) is 0.700. The lowest BCUT2D eigenvalue weighted by atomic mass is 10.1. The average Bonchev–Trinajstić information content (AvgIpc) is 2.54. The standard InChI is InChI=1S/C10H15F3N2O2/c1-9(2,3)15-8(17-5)6(10(11,12)13)7(14-15)16-4/h1-5H3. The van der Waals surface area contributed by atoms with Crippen molar-refractivity contribution in [2.24, 2.45) is 0 Å². The molecule has 0 aliphatic carbocycles. The predicted molar refractivity (Wildman–Crippen MR) is 55.3 cm³/mol. The first kappa shape index (κ1) is 13.7. The first-order valence-corrected chi connectivity index (χ1v) is 4.91. The highest BCUT2D eigenvalue weighted by Crippen LogP contribution is 2.43. The molecule has 0 saturated heterocycles. The lowest BCUT2D eigenvalue weighted by Crippen LogP contribution is -2.24. The summed E-state index contributed by atoms with van der Waals surface area (Å²) in [7, 11) is 2.32. The maximum absolute atomic E-state index is 12.9. The molecule has 0 aliphatic heterocycles. The summed E-state index contributed by atoms with van der Waals surface area (Å²) in [6, 6.07) is 0. The molecule has 1 aromatic rings. The summed E-state index contributed by atoms with van der Waals surface area (Å²) in [6.45, 7) is 5.17. The molecule has 0 saturated carbocycles. The molecule has 4 nitrogen and oxygen atoms in total. The van der Waals surface area contributed by atoms with Crippen molar-refractivity contribution in [3.63, 3.8) is 0 Å². The first-order valence-electron chi connectivity index (χ1n) is 4.91. The monoisotopic (exact) mass is 252 g/mol. The fourth-order valence-corrected chi connectivity index (χ4v) is 1.41. The van der Waals surface area contributed by atoms with Crippen molar-refractivity contribution in [1.29, 1.82) is 0 Å². The number of nitrogens with zero attached hydrogens (tertiary/aromatic N) is 2. The van der Waals surface area contributed by atoms with Crippen LogP contribution in [0.1, 0.15) is 26.3 Å². The van der Waals surface area contributed by atoms with E-state index in [0.717, 1.165) is 11.8 Å². The van der Waals surface area contributed by atoms with Gasteiger partial charge in [0.1, 0.15) is 0 Å². The second-order valence-corrected chi connectivity index (χ2v) is 4.47. The molecule has 0 amide bonds. The van der Waals surface area contributed by atoms with Crippen molar-refractivity contribution in [3.8, 4) is 11.8 Å². The molecule has 0 N–H and O–H groups in total.